The van der Waals surface area contributed by atoms with Gasteiger partial charge in [-0.1, -0.05) is 18.4 Å². The largest absolute Gasteiger partial charge is 0.490 e. The van der Waals surface area contributed by atoms with Crippen molar-refractivity contribution >= 4 is 34.9 Å². The Morgan fingerprint density at radius 3 is 2.88 bits per heavy atom. The van der Waals surface area contributed by atoms with E-state index in [1.165, 1.54) is 24.0 Å². The summed E-state index contributed by atoms with van der Waals surface area (Å²) < 4.78 is 4.89. The fourth-order valence-electron chi connectivity index (χ4n) is 1.97. The first kappa shape index (κ1) is 19.2. The molecular weight excluding hydrogens is 362 g/mol. The van der Waals surface area contributed by atoms with Crippen molar-refractivity contribution in [1.29, 1.82) is 0 Å². The number of aryl methyl sites for hydroxylation is 1. The van der Waals surface area contributed by atoms with Crippen LogP contribution in [0.1, 0.15) is 30.1 Å². The summed E-state index contributed by atoms with van der Waals surface area (Å²) >= 11 is 5.02. The molecule has 0 aliphatic heterocycles. The van der Waals surface area contributed by atoms with E-state index in [0.717, 1.165) is 18.9 Å². The van der Waals surface area contributed by atoms with Crippen LogP contribution < -0.4 is 15.4 Å². The molecule has 0 radical (unpaired) electrons. The third kappa shape index (κ3) is 4.92. The number of rotatable bonds is 7. The van der Waals surface area contributed by atoms with Crippen LogP contribution in [-0.2, 0) is 6.54 Å². The highest BCUT2D eigenvalue weighted by atomic mass is 32.1. The zero-order valence-electron chi connectivity index (χ0n) is 14.1. The van der Waals surface area contributed by atoms with Crippen molar-refractivity contribution in [3.05, 3.63) is 33.9 Å². The van der Waals surface area contributed by atoms with Crippen LogP contribution in [0.25, 0.3) is 0 Å². The van der Waals surface area contributed by atoms with Gasteiger partial charge in [0.2, 0.25) is 0 Å². The molecule has 2 rings (SSSR count). The second-order valence-electron chi connectivity index (χ2n) is 5.11. The molecule has 0 atom stereocenters. The van der Waals surface area contributed by atoms with E-state index in [0.29, 0.717) is 6.54 Å². The molecule has 0 bridgehead atoms. The number of methoxy groups -OCH3 is 1. The Bertz CT molecular complexity index is 823. The highest BCUT2D eigenvalue weighted by molar-refractivity contribution is 7.80. The number of amides is 1. The summed E-state index contributed by atoms with van der Waals surface area (Å²) in [6.07, 6.45) is 1.90. The summed E-state index contributed by atoms with van der Waals surface area (Å²) in [6.45, 7) is 2.67. The van der Waals surface area contributed by atoms with E-state index in [2.05, 4.69) is 26.0 Å². The monoisotopic (exact) mass is 379 g/mol. The number of anilines is 1. The van der Waals surface area contributed by atoms with Gasteiger partial charge in [0.25, 0.3) is 11.9 Å². The molecule has 1 amide bonds. The first-order valence-corrected chi connectivity index (χ1v) is 8.08. The minimum absolute atomic E-state index is 0.0523. The van der Waals surface area contributed by atoms with E-state index in [1.54, 1.807) is 0 Å². The van der Waals surface area contributed by atoms with E-state index in [9.17, 15) is 14.9 Å². The van der Waals surface area contributed by atoms with Gasteiger partial charge in [0, 0.05) is 11.6 Å². The van der Waals surface area contributed by atoms with Crippen LogP contribution in [0.15, 0.2) is 18.2 Å². The maximum Gasteiger partial charge on any atom is 0.311 e. The van der Waals surface area contributed by atoms with Crippen LogP contribution in [0.5, 0.6) is 5.75 Å². The number of nitrogens with one attached hydrogen (secondary N) is 2. The average molecular weight is 379 g/mol. The van der Waals surface area contributed by atoms with Crippen molar-refractivity contribution in [3.63, 3.8) is 0 Å². The molecule has 0 saturated heterocycles. The van der Waals surface area contributed by atoms with Gasteiger partial charge in [-0.05, 0) is 36.0 Å². The van der Waals surface area contributed by atoms with Crippen molar-refractivity contribution < 1.29 is 14.5 Å². The molecule has 0 spiro atoms. The van der Waals surface area contributed by atoms with Gasteiger partial charge < -0.3 is 4.74 Å². The molecule has 12 heteroatoms. The number of aromatic nitrogens is 4. The highest BCUT2D eigenvalue weighted by Crippen LogP contribution is 2.27. The number of ether oxygens (including phenoxy) is 1. The molecule has 0 saturated carbocycles. The lowest BCUT2D eigenvalue weighted by molar-refractivity contribution is -0.385. The minimum atomic E-state index is -0.634. The Kier molecular flexibility index (Phi) is 6.49. The van der Waals surface area contributed by atoms with Crippen molar-refractivity contribution in [2.75, 3.05) is 12.4 Å². The Morgan fingerprint density at radius 2 is 2.23 bits per heavy atom. The lowest BCUT2D eigenvalue weighted by Gasteiger charge is -2.07. The molecule has 1 aromatic carbocycles. The van der Waals surface area contributed by atoms with E-state index in [-0.39, 0.29) is 28.1 Å². The number of benzene rings is 1. The van der Waals surface area contributed by atoms with Gasteiger partial charge >= 0.3 is 5.69 Å². The second-order valence-corrected chi connectivity index (χ2v) is 5.52. The van der Waals surface area contributed by atoms with Gasteiger partial charge in [-0.2, -0.15) is 4.80 Å². The lowest BCUT2D eigenvalue weighted by atomic mass is 10.2. The first-order valence-electron chi connectivity index (χ1n) is 7.67. The number of hydrogen-bond donors (Lipinski definition) is 2. The maximum atomic E-state index is 12.2. The van der Waals surface area contributed by atoms with Crippen molar-refractivity contribution in [2.24, 2.45) is 0 Å². The van der Waals surface area contributed by atoms with E-state index in [4.69, 9.17) is 17.0 Å². The van der Waals surface area contributed by atoms with Crippen LogP contribution in [0.4, 0.5) is 11.6 Å². The van der Waals surface area contributed by atoms with Gasteiger partial charge in [-0.3, -0.25) is 25.5 Å². The van der Waals surface area contributed by atoms with Gasteiger partial charge in [0.15, 0.2) is 10.9 Å². The smallest absolute Gasteiger partial charge is 0.311 e. The number of thiocarbonyl (C=S) groups is 1. The number of nitro groups is 1. The second kappa shape index (κ2) is 8.80. The molecule has 0 fully saturated rings. The minimum Gasteiger partial charge on any atom is -0.490 e. The summed E-state index contributed by atoms with van der Waals surface area (Å²) in [5, 5.41) is 27.7. The SMILES string of the molecule is CCCCn1nnc(NC(=S)NC(=O)c2ccc(OC)c([N+](=O)[O-])c2)n1. The molecule has 0 aliphatic rings. The van der Waals surface area contributed by atoms with Crippen LogP contribution in [0, 0.1) is 10.1 Å². The van der Waals surface area contributed by atoms with Gasteiger partial charge in [0.05, 0.1) is 18.6 Å². The molecule has 138 valence electrons. The van der Waals surface area contributed by atoms with Crippen LogP contribution in [-0.4, -0.2) is 43.3 Å². The maximum absolute atomic E-state index is 12.2. The lowest BCUT2D eigenvalue weighted by Crippen LogP contribution is -2.34. The van der Waals surface area contributed by atoms with E-state index >= 15 is 0 Å². The number of hydrogen-bond acceptors (Lipinski definition) is 8. The standard InChI is InChI=1S/C14H17N7O4S/c1-3-4-7-20-18-13(17-19-20)16-14(26)15-12(22)9-5-6-11(25-2)10(8-9)21(23)24/h5-6,8H,3-4,7H2,1-2H3,(H2,15,16,18,22,26). The molecule has 2 N–H and O–H groups in total. The number of carbonyl (C=O) groups is 1. The molecular formula is C14H17N7O4S. The first-order chi connectivity index (χ1) is 12.4. The molecule has 11 nitrogen and oxygen atoms in total. The third-order valence-electron chi connectivity index (χ3n) is 3.25. The fourth-order valence-corrected chi connectivity index (χ4v) is 2.15. The normalized spacial score (nSPS) is 10.2. The Morgan fingerprint density at radius 1 is 1.46 bits per heavy atom. The third-order valence-corrected chi connectivity index (χ3v) is 3.46. The topological polar surface area (TPSA) is 137 Å². The van der Waals surface area contributed by atoms with Gasteiger partial charge in [-0.15, -0.1) is 5.10 Å². The van der Waals surface area contributed by atoms with Crippen molar-refractivity contribution in [3.8, 4) is 5.75 Å². The highest BCUT2D eigenvalue weighted by Gasteiger charge is 2.19. The zero-order chi connectivity index (χ0) is 19.1. The zero-order valence-corrected chi connectivity index (χ0v) is 14.9. The molecule has 2 aromatic rings. The van der Waals surface area contributed by atoms with Crippen molar-refractivity contribution in [2.45, 2.75) is 26.3 Å². The fraction of sp³-hybridized carbons (Fsp3) is 0.357. The molecule has 1 aromatic heterocycles. The Hall–Kier alpha value is -3.15. The summed E-state index contributed by atoms with van der Waals surface area (Å²) in [5.41, 5.74) is -0.263. The van der Waals surface area contributed by atoms with Crippen LogP contribution in [0.2, 0.25) is 0 Å². The van der Waals surface area contributed by atoms with Crippen LogP contribution in [0.3, 0.4) is 0 Å². The summed E-state index contributed by atoms with van der Waals surface area (Å²) in [5.74, 6) is -0.418. The summed E-state index contributed by atoms with van der Waals surface area (Å²) in [7, 11) is 1.31. The summed E-state index contributed by atoms with van der Waals surface area (Å²) in [6, 6.07) is 3.84. The number of tetrazole rings is 1. The quantitative estimate of drug-likeness (QED) is 0.416. The molecule has 26 heavy (non-hydrogen) atoms. The molecule has 1 heterocycles. The number of unbranched alkanes of at least 4 members (excludes halogenated alkanes) is 1. The number of nitrogens with zero attached hydrogens (tertiary/aromatic N) is 5. The van der Waals surface area contributed by atoms with Crippen molar-refractivity contribution in [1.82, 2.24) is 25.5 Å². The van der Waals surface area contributed by atoms with E-state index < -0.39 is 10.8 Å². The van der Waals surface area contributed by atoms with Gasteiger partial charge in [-0.25, -0.2) is 0 Å². The Labute approximate surface area is 153 Å². The molecule has 0 aliphatic carbocycles. The van der Waals surface area contributed by atoms with Crippen LogP contribution >= 0.6 is 12.2 Å². The Balaban J connectivity index is 2.00. The number of nitro benzene ring substituents is 1. The average Bonchev–Trinajstić information content (AvgIpc) is 3.06. The predicted molar refractivity (Wildman–Crippen MR) is 96.1 cm³/mol. The summed E-state index contributed by atoms with van der Waals surface area (Å²) in [4.78, 5) is 24.0. The number of carbonyl (C=O) groups excluding carboxylic acids is 1. The molecule has 0 unspecified atom stereocenters. The predicted octanol–water partition coefficient (Wildman–Crippen LogP) is 1.52. The van der Waals surface area contributed by atoms with Gasteiger partial charge in [0.1, 0.15) is 0 Å². The van der Waals surface area contributed by atoms with E-state index in [1.807, 2.05) is 6.92 Å².